The molecule has 1 aliphatic rings. The molecule has 1 aromatic heterocycles. The quantitative estimate of drug-likeness (QED) is 0.927. The van der Waals surface area contributed by atoms with Crippen LogP contribution in [0.15, 0.2) is 16.9 Å². The van der Waals surface area contributed by atoms with Crippen LogP contribution in [0, 0.1) is 5.92 Å². The zero-order valence-corrected chi connectivity index (χ0v) is 12.7. The van der Waals surface area contributed by atoms with Crippen LogP contribution in [-0.4, -0.2) is 35.6 Å². The molecular weight excluding hydrogens is 292 g/mol. The third-order valence-corrected chi connectivity index (χ3v) is 3.75. The minimum Gasteiger partial charge on any atom is -0.338 e. The molecule has 100 valence electrons. The SMILES string of the molecule is CC(C)N(CC1CCCNC1)c1ncc(Br)cn1. The molecule has 1 N–H and O–H groups in total. The molecule has 1 saturated heterocycles. The second kappa shape index (κ2) is 6.48. The number of nitrogens with zero attached hydrogens (tertiary/aromatic N) is 3. The number of halogens is 1. The Bertz CT molecular complexity index is 360. The topological polar surface area (TPSA) is 41.0 Å². The van der Waals surface area contributed by atoms with E-state index in [4.69, 9.17) is 0 Å². The van der Waals surface area contributed by atoms with Crippen molar-refractivity contribution < 1.29 is 0 Å². The maximum Gasteiger partial charge on any atom is 0.225 e. The van der Waals surface area contributed by atoms with E-state index >= 15 is 0 Å². The van der Waals surface area contributed by atoms with Crippen molar-refractivity contribution in [1.82, 2.24) is 15.3 Å². The Morgan fingerprint density at radius 2 is 2.17 bits per heavy atom. The average molecular weight is 313 g/mol. The van der Waals surface area contributed by atoms with Crippen molar-refractivity contribution in [2.75, 3.05) is 24.5 Å². The fourth-order valence-electron chi connectivity index (χ4n) is 2.34. The number of anilines is 1. The van der Waals surface area contributed by atoms with Crippen LogP contribution in [0.3, 0.4) is 0 Å². The molecule has 0 radical (unpaired) electrons. The van der Waals surface area contributed by atoms with Crippen molar-refractivity contribution in [3.63, 3.8) is 0 Å². The summed E-state index contributed by atoms with van der Waals surface area (Å²) in [7, 11) is 0. The van der Waals surface area contributed by atoms with Crippen molar-refractivity contribution in [2.24, 2.45) is 5.92 Å². The molecular formula is C13H21BrN4. The van der Waals surface area contributed by atoms with Crippen LogP contribution in [0.5, 0.6) is 0 Å². The third-order valence-electron chi connectivity index (χ3n) is 3.34. The lowest BCUT2D eigenvalue weighted by molar-refractivity contribution is 0.369. The molecule has 4 nitrogen and oxygen atoms in total. The van der Waals surface area contributed by atoms with Gasteiger partial charge in [0.1, 0.15) is 0 Å². The van der Waals surface area contributed by atoms with Gasteiger partial charge in [-0.2, -0.15) is 0 Å². The summed E-state index contributed by atoms with van der Waals surface area (Å²) in [6.07, 6.45) is 6.21. The number of hydrogen-bond acceptors (Lipinski definition) is 4. The predicted molar refractivity (Wildman–Crippen MR) is 77.8 cm³/mol. The molecule has 0 aliphatic carbocycles. The molecule has 2 heterocycles. The second-order valence-electron chi connectivity index (χ2n) is 5.16. The highest BCUT2D eigenvalue weighted by atomic mass is 79.9. The summed E-state index contributed by atoms with van der Waals surface area (Å²) in [5, 5.41) is 3.46. The van der Waals surface area contributed by atoms with Crippen molar-refractivity contribution in [2.45, 2.75) is 32.7 Å². The molecule has 0 saturated carbocycles. The average Bonchev–Trinajstić information content (AvgIpc) is 2.38. The Morgan fingerprint density at radius 3 is 2.72 bits per heavy atom. The highest BCUT2D eigenvalue weighted by molar-refractivity contribution is 9.10. The number of piperidine rings is 1. The van der Waals surface area contributed by atoms with Gasteiger partial charge in [-0.3, -0.25) is 0 Å². The van der Waals surface area contributed by atoms with E-state index in [1.54, 1.807) is 0 Å². The van der Waals surface area contributed by atoms with E-state index in [-0.39, 0.29) is 0 Å². The Balaban J connectivity index is 2.05. The molecule has 5 heteroatoms. The van der Waals surface area contributed by atoms with E-state index in [2.05, 4.69) is 50.0 Å². The van der Waals surface area contributed by atoms with E-state index in [1.807, 2.05) is 12.4 Å². The minimum atomic E-state index is 0.424. The number of aromatic nitrogens is 2. The summed E-state index contributed by atoms with van der Waals surface area (Å²) in [6, 6.07) is 0.424. The molecule has 2 rings (SSSR count). The normalized spacial score (nSPS) is 20.1. The fraction of sp³-hybridized carbons (Fsp3) is 0.692. The van der Waals surface area contributed by atoms with Gasteiger partial charge < -0.3 is 10.2 Å². The van der Waals surface area contributed by atoms with Crippen LogP contribution >= 0.6 is 15.9 Å². The number of hydrogen-bond donors (Lipinski definition) is 1. The van der Waals surface area contributed by atoms with E-state index in [0.29, 0.717) is 12.0 Å². The summed E-state index contributed by atoms with van der Waals surface area (Å²) < 4.78 is 0.925. The van der Waals surface area contributed by atoms with E-state index < -0.39 is 0 Å². The fourth-order valence-corrected chi connectivity index (χ4v) is 2.54. The van der Waals surface area contributed by atoms with Crippen LogP contribution in [0.1, 0.15) is 26.7 Å². The first-order valence-electron chi connectivity index (χ1n) is 6.61. The van der Waals surface area contributed by atoms with Crippen LogP contribution < -0.4 is 10.2 Å². The van der Waals surface area contributed by atoms with E-state index in [0.717, 1.165) is 30.1 Å². The minimum absolute atomic E-state index is 0.424. The molecule has 1 aromatic rings. The zero-order valence-electron chi connectivity index (χ0n) is 11.1. The molecule has 1 atom stereocenters. The van der Waals surface area contributed by atoms with Gasteiger partial charge >= 0.3 is 0 Å². The second-order valence-corrected chi connectivity index (χ2v) is 6.08. The van der Waals surface area contributed by atoms with E-state index in [9.17, 15) is 0 Å². The first-order valence-corrected chi connectivity index (χ1v) is 7.41. The summed E-state index contributed by atoms with van der Waals surface area (Å²) in [5.41, 5.74) is 0. The molecule has 1 aliphatic heterocycles. The first-order chi connectivity index (χ1) is 8.66. The number of nitrogens with one attached hydrogen (secondary N) is 1. The van der Waals surface area contributed by atoms with Gasteiger partial charge in [0.15, 0.2) is 0 Å². The third kappa shape index (κ3) is 3.65. The largest absolute Gasteiger partial charge is 0.338 e. The standard InChI is InChI=1S/C13H21BrN4/c1-10(2)18(9-11-4-3-5-15-6-11)13-16-7-12(14)8-17-13/h7-8,10-11,15H,3-6,9H2,1-2H3. The maximum absolute atomic E-state index is 4.41. The highest BCUT2D eigenvalue weighted by Crippen LogP contribution is 2.18. The Kier molecular flexibility index (Phi) is 4.95. The van der Waals surface area contributed by atoms with Crippen LogP contribution in [0.25, 0.3) is 0 Å². The molecule has 0 bridgehead atoms. The zero-order chi connectivity index (χ0) is 13.0. The molecule has 0 amide bonds. The monoisotopic (exact) mass is 312 g/mol. The lowest BCUT2D eigenvalue weighted by Gasteiger charge is -2.32. The van der Waals surface area contributed by atoms with Gasteiger partial charge in [-0.05, 0) is 61.6 Å². The first kappa shape index (κ1) is 13.7. The molecule has 1 fully saturated rings. The van der Waals surface area contributed by atoms with Gasteiger partial charge in [0.05, 0.1) is 4.47 Å². The summed E-state index contributed by atoms with van der Waals surface area (Å²) in [5.74, 6) is 1.53. The summed E-state index contributed by atoms with van der Waals surface area (Å²) in [6.45, 7) is 7.70. The Labute approximate surface area is 117 Å². The molecule has 1 unspecified atom stereocenters. The maximum atomic E-state index is 4.41. The highest BCUT2D eigenvalue weighted by Gasteiger charge is 2.20. The molecule has 0 spiro atoms. The smallest absolute Gasteiger partial charge is 0.225 e. The summed E-state index contributed by atoms with van der Waals surface area (Å²) >= 11 is 3.38. The lowest BCUT2D eigenvalue weighted by atomic mass is 9.99. The van der Waals surface area contributed by atoms with Crippen molar-refractivity contribution in [1.29, 1.82) is 0 Å². The predicted octanol–water partition coefficient (Wildman–Crippen LogP) is 2.45. The van der Waals surface area contributed by atoms with Crippen LogP contribution in [0.2, 0.25) is 0 Å². The van der Waals surface area contributed by atoms with Gasteiger partial charge in [-0.1, -0.05) is 0 Å². The van der Waals surface area contributed by atoms with Crippen molar-refractivity contribution in [3.8, 4) is 0 Å². The van der Waals surface area contributed by atoms with Gasteiger partial charge in [-0.15, -0.1) is 0 Å². The molecule has 18 heavy (non-hydrogen) atoms. The summed E-state index contributed by atoms with van der Waals surface area (Å²) in [4.78, 5) is 11.1. The van der Waals surface area contributed by atoms with Crippen molar-refractivity contribution in [3.05, 3.63) is 16.9 Å². The lowest BCUT2D eigenvalue weighted by Crippen LogP contribution is -2.42. The van der Waals surface area contributed by atoms with E-state index in [1.165, 1.54) is 12.8 Å². The van der Waals surface area contributed by atoms with Gasteiger partial charge in [0, 0.05) is 25.0 Å². The van der Waals surface area contributed by atoms with Crippen LogP contribution in [0.4, 0.5) is 5.95 Å². The Hall–Kier alpha value is -0.680. The Morgan fingerprint density at radius 1 is 1.44 bits per heavy atom. The van der Waals surface area contributed by atoms with Crippen molar-refractivity contribution >= 4 is 21.9 Å². The van der Waals surface area contributed by atoms with Crippen LogP contribution in [-0.2, 0) is 0 Å². The van der Waals surface area contributed by atoms with Gasteiger partial charge in [0.2, 0.25) is 5.95 Å². The molecule has 0 aromatic carbocycles. The van der Waals surface area contributed by atoms with Gasteiger partial charge in [-0.25, -0.2) is 9.97 Å². The number of rotatable bonds is 4. The van der Waals surface area contributed by atoms with Gasteiger partial charge in [0.25, 0.3) is 0 Å².